The summed E-state index contributed by atoms with van der Waals surface area (Å²) in [7, 11) is -9.83. The topological polar surface area (TPSA) is 63.3 Å². The SMILES string of the molecule is NC(=O)C(O)(c1ccccc1)c1ccc(S(F)(F)(F)(F)F)cc1. The van der Waals surface area contributed by atoms with Gasteiger partial charge in [0.2, 0.25) is 0 Å². The van der Waals surface area contributed by atoms with Crippen LogP contribution >= 0.6 is 10.2 Å². The maximum Gasteiger partial charge on any atom is 0.310 e. The van der Waals surface area contributed by atoms with E-state index in [0.717, 1.165) is 0 Å². The lowest BCUT2D eigenvalue weighted by Crippen LogP contribution is -2.42. The average molecular weight is 353 g/mol. The van der Waals surface area contributed by atoms with Gasteiger partial charge in [-0.15, -0.1) is 0 Å². The molecule has 0 saturated heterocycles. The number of rotatable bonds is 4. The highest BCUT2D eigenvalue weighted by molar-refractivity contribution is 8.45. The Labute approximate surface area is 128 Å². The molecule has 0 fully saturated rings. The van der Waals surface area contributed by atoms with E-state index < -0.39 is 26.6 Å². The van der Waals surface area contributed by atoms with Gasteiger partial charge in [-0.1, -0.05) is 61.9 Å². The minimum atomic E-state index is -9.83. The predicted octanol–water partition coefficient (Wildman–Crippen LogP) is 4.07. The molecule has 2 rings (SSSR count). The quantitative estimate of drug-likeness (QED) is 0.814. The van der Waals surface area contributed by atoms with Crippen LogP contribution in [0.2, 0.25) is 0 Å². The van der Waals surface area contributed by atoms with Gasteiger partial charge in [0, 0.05) is 0 Å². The Morgan fingerprint density at radius 1 is 0.870 bits per heavy atom. The Morgan fingerprint density at radius 2 is 1.30 bits per heavy atom. The van der Waals surface area contributed by atoms with Crippen molar-refractivity contribution in [3.8, 4) is 0 Å². The minimum absolute atomic E-state index is 0.00703. The Morgan fingerprint density at radius 3 is 1.70 bits per heavy atom. The van der Waals surface area contributed by atoms with Crippen molar-refractivity contribution >= 4 is 16.1 Å². The van der Waals surface area contributed by atoms with Crippen molar-refractivity contribution in [2.24, 2.45) is 5.73 Å². The number of hydrogen-bond donors (Lipinski definition) is 2. The van der Waals surface area contributed by atoms with Crippen molar-refractivity contribution in [1.29, 1.82) is 0 Å². The lowest BCUT2D eigenvalue weighted by Gasteiger charge is -2.40. The molecular weight excluding hydrogens is 341 g/mol. The first-order valence-corrected chi connectivity index (χ1v) is 8.13. The Hall–Kier alpha value is -2.13. The summed E-state index contributed by atoms with van der Waals surface area (Å²) in [6.07, 6.45) is 0. The van der Waals surface area contributed by atoms with Crippen molar-refractivity contribution in [3.05, 3.63) is 65.7 Å². The fraction of sp³-hybridized carbons (Fsp3) is 0.0714. The molecular formula is C14H12F5NO2S. The third-order valence-corrected chi connectivity index (χ3v) is 4.43. The molecule has 3 N–H and O–H groups in total. The van der Waals surface area contributed by atoms with Gasteiger partial charge in [0.1, 0.15) is 4.90 Å². The van der Waals surface area contributed by atoms with Crippen LogP contribution in [0.1, 0.15) is 11.1 Å². The van der Waals surface area contributed by atoms with Gasteiger partial charge >= 0.3 is 10.2 Å². The number of benzene rings is 2. The molecule has 0 spiro atoms. The van der Waals surface area contributed by atoms with E-state index in [4.69, 9.17) is 5.73 Å². The number of amides is 1. The molecule has 0 heterocycles. The summed E-state index contributed by atoms with van der Waals surface area (Å²) < 4.78 is 63.5. The monoisotopic (exact) mass is 353 g/mol. The van der Waals surface area contributed by atoms with Crippen molar-refractivity contribution < 1.29 is 29.3 Å². The highest BCUT2D eigenvalue weighted by atomic mass is 32.5. The molecule has 0 aromatic heterocycles. The zero-order chi connectivity index (χ0) is 17.6. The molecule has 23 heavy (non-hydrogen) atoms. The predicted molar refractivity (Wildman–Crippen MR) is 76.5 cm³/mol. The van der Waals surface area contributed by atoms with Crippen LogP contribution < -0.4 is 5.73 Å². The molecule has 9 heteroatoms. The lowest BCUT2D eigenvalue weighted by atomic mass is 9.86. The van der Waals surface area contributed by atoms with Crippen LogP contribution in [0.3, 0.4) is 0 Å². The molecule has 1 amide bonds. The first kappa shape index (κ1) is 17.2. The highest BCUT2D eigenvalue weighted by Gasteiger charge is 2.65. The Kier molecular flexibility index (Phi) is 3.33. The fourth-order valence-corrected chi connectivity index (χ4v) is 2.73. The third-order valence-electron chi connectivity index (χ3n) is 3.27. The van der Waals surface area contributed by atoms with E-state index in [9.17, 15) is 29.3 Å². The zero-order valence-corrected chi connectivity index (χ0v) is 12.2. The largest absolute Gasteiger partial charge is 0.372 e. The van der Waals surface area contributed by atoms with Gasteiger partial charge in [-0.3, -0.25) is 4.79 Å². The second-order valence-corrected chi connectivity index (χ2v) is 7.34. The molecule has 1 unspecified atom stereocenters. The smallest absolute Gasteiger partial charge is 0.310 e. The van der Waals surface area contributed by atoms with Crippen molar-refractivity contribution in [2.75, 3.05) is 0 Å². The van der Waals surface area contributed by atoms with Crippen LogP contribution in [0.15, 0.2) is 59.5 Å². The van der Waals surface area contributed by atoms with E-state index in [1.54, 1.807) is 6.07 Å². The number of carbonyl (C=O) groups excluding carboxylic acids is 1. The minimum Gasteiger partial charge on any atom is -0.372 e. The summed E-state index contributed by atoms with van der Waals surface area (Å²) in [5.74, 6) is -1.25. The normalized spacial score (nSPS) is 17.7. The van der Waals surface area contributed by atoms with Gasteiger partial charge in [-0.05, 0) is 23.3 Å². The van der Waals surface area contributed by atoms with Gasteiger partial charge in [-0.2, -0.15) is 0 Å². The van der Waals surface area contributed by atoms with Crippen molar-refractivity contribution in [3.63, 3.8) is 0 Å². The first-order chi connectivity index (χ1) is 10.2. The van der Waals surface area contributed by atoms with Crippen LogP contribution in [0, 0.1) is 0 Å². The molecule has 0 aliphatic heterocycles. The molecule has 0 aliphatic rings. The van der Waals surface area contributed by atoms with Gasteiger partial charge in [-0.25, -0.2) is 0 Å². The van der Waals surface area contributed by atoms with Crippen LogP contribution in [-0.4, -0.2) is 11.0 Å². The van der Waals surface area contributed by atoms with Crippen LogP contribution in [0.25, 0.3) is 0 Å². The summed E-state index contributed by atoms with van der Waals surface area (Å²) >= 11 is 0. The standard InChI is InChI=1S/C14H12F5NO2S/c15-23(16,17,18,19)12-8-6-11(7-9-12)14(22,13(20)21)10-4-2-1-3-5-10/h1-9,22H,(H2,20,21). The summed E-state index contributed by atoms with van der Waals surface area (Å²) in [5.41, 5.74) is 2.39. The summed E-state index contributed by atoms with van der Waals surface area (Å²) in [5, 5.41) is 10.5. The highest BCUT2D eigenvalue weighted by Crippen LogP contribution is 3.02. The molecule has 126 valence electrons. The maximum atomic E-state index is 12.7. The molecule has 0 aliphatic carbocycles. The summed E-state index contributed by atoms with van der Waals surface area (Å²) in [4.78, 5) is 9.52. The molecule has 2 aromatic carbocycles. The van der Waals surface area contributed by atoms with E-state index in [1.807, 2.05) is 0 Å². The molecule has 0 bridgehead atoms. The van der Waals surface area contributed by atoms with Crippen molar-refractivity contribution in [2.45, 2.75) is 10.5 Å². The molecule has 0 saturated carbocycles. The Balaban J connectivity index is 2.59. The van der Waals surface area contributed by atoms with E-state index in [-0.39, 0.29) is 23.3 Å². The van der Waals surface area contributed by atoms with Gasteiger partial charge in [0.05, 0.1) is 0 Å². The number of primary amides is 1. The molecule has 0 radical (unpaired) electrons. The van der Waals surface area contributed by atoms with Crippen LogP contribution in [0.4, 0.5) is 19.4 Å². The van der Waals surface area contributed by atoms with E-state index in [0.29, 0.717) is 12.1 Å². The second-order valence-electron chi connectivity index (χ2n) is 4.93. The molecule has 2 aromatic rings. The average Bonchev–Trinajstić information content (AvgIpc) is 2.45. The van der Waals surface area contributed by atoms with Gasteiger partial charge < -0.3 is 10.8 Å². The zero-order valence-electron chi connectivity index (χ0n) is 11.4. The maximum absolute atomic E-state index is 12.7. The lowest BCUT2D eigenvalue weighted by molar-refractivity contribution is -0.133. The first-order valence-electron chi connectivity index (χ1n) is 6.17. The van der Waals surface area contributed by atoms with Crippen molar-refractivity contribution in [1.82, 2.24) is 0 Å². The van der Waals surface area contributed by atoms with E-state index in [2.05, 4.69) is 0 Å². The number of hydrogen-bond acceptors (Lipinski definition) is 2. The number of aliphatic hydroxyl groups is 1. The van der Waals surface area contributed by atoms with Crippen LogP contribution in [-0.2, 0) is 10.4 Å². The molecule has 1 atom stereocenters. The molecule has 3 nitrogen and oxygen atoms in total. The van der Waals surface area contributed by atoms with E-state index >= 15 is 0 Å². The number of carbonyl (C=O) groups is 1. The van der Waals surface area contributed by atoms with Crippen LogP contribution in [0.5, 0.6) is 0 Å². The Bertz CT molecular complexity index is 747. The number of halogens is 5. The summed E-state index contributed by atoms with van der Waals surface area (Å²) in [6, 6.07) is 8.66. The number of nitrogens with two attached hydrogens (primary N) is 1. The second kappa shape index (κ2) is 4.45. The van der Waals surface area contributed by atoms with Gasteiger partial charge in [0.15, 0.2) is 5.60 Å². The summed E-state index contributed by atoms with van der Waals surface area (Å²) in [6.45, 7) is 0. The fourth-order valence-electron chi connectivity index (χ4n) is 2.08. The van der Waals surface area contributed by atoms with Gasteiger partial charge in [0.25, 0.3) is 5.91 Å². The van der Waals surface area contributed by atoms with E-state index in [1.165, 1.54) is 24.3 Å². The third kappa shape index (κ3) is 3.30.